The van der Waals surface area contributed by atoms with Gasteiger partial charge in [0.2, 0.25) is 5.91 Å². The van der Waals surface area contributed by atoms with Gasteiger partial charge in [-0.15, -0.1) is 0 Å². The molecule has 1 aromatic carbocycles. The lowest BCUT2D eigenvalue weighted by molar-refractivity contribution is -0.141. The highest BCUT2D eigenvalue weighted by molar-refractivity contribution is 5.83. The average Bonchev–Trinajstić information content (AvgIpc) is 2.95. The number of benzene rings is 1. The molecule has 1 aliphatic rings. The van der Waals surface area contributed by atoms with Gasteiger partial charge in [0.05, 0.1) is 0 Å². The van der Waals surface area contributed by atoms with E-state index in [0.29, 0.717) is 0 Å². The summed E-state index contributed by atoms with van der Waals surface area (Å²) in [6.45, 7) is 10.7. The second-order valence-corrected chi connectivity index (χ2v) is 7.49. The van der Waals surface area contributed by atoms with Crippen LogP contribution in [0.5, 0.6) is 0 Å². The lowest BCUT2D eigenvalue weighted by Crippen LogP contribution is -2.51. The monoisotopic (exact) mass is 313 g/mol. The third-order valence-corrected chi connectivity index (χ3v) is 4.67. The number of hydrogen-bond acceptors (Lipinski definition) is 2. The first kappa shape index (κ1) is 16.1. The minimum atomic E-state index is -0.272. The van der Waals surface area contributed by atoms with E-state index in [2.05, 4.69) is 40.3 Å². The fourth-order valence-electron chi connectivity index (χ4n) is 3.27. The Balaban J connectivity index is 1.52. The number of para-hydroxylation sites is 1. The van der Waals surface area contributed by atoms with Gasteiger partial charge >= 0.3 is 0 Å². The van der Waals surface area contributed by atoms with Crippen molar-refractivity contribution in [3.63, 3.8) is 0 Å². The normalized spacial score (nSPS) is 16.9. The zero-order valence-corrected chi connectivity index (χ0v) is 14.4. The summed E-state index contributed by atoms with van der Waals surface area (Å²) in [6, 6.07) is 8.46. The molecule has 2 heterocycles. The molecule has 0 spiro atoms. The second kappa shape index (κ2) is 6.36. The zero-order chi connectivity index (χ0) is 16.4. The fraction of sp³-hybridized carbons (Fsp3) is 0.526. The highest BCUT2D eigenvalue weighted by Gasteiger charge is 2.29. The van der Waals surface area contributed by atoms with Crippen LogP contribution >= 0.6 is 0 Å². The van der Waals surface area contributed by atoms with Crippen LogP contribution in [0, 0.1) is 5.41 Å². The van der Waals surface area contributed by atoms with E-state index < -0.39 is 0 Å². The summed E-state index contributed by atoms with van der Waals surface area (Å²) in [5, 5.41) is 1.33. The maximum Gasteiger partial charge on any atom is 0.228 e. The molecule has 4 heteroatoms. The van der Waals surface area contributed by atoms with Gasteiger partial charge in [-0.05, 0) is 18.1 Å². The predicted octanol–water partition coefficient (Wildman–Crippen LogP) is 2.90. The van der Waals surface area contributed by atoms with Crippen LogP contribution < -0.4 is 0 Å². The number of fused-ring (bicyclic) bond motifs is 1. The Labute approximate surface area is 138 Å². The molecule has 2 aromatic rings. The van der Waals surface area contributed by atoms with Gasteiger partial charge in [-0.25, -0.2) is 0 Å². The number of nitrogens with one attached hydrogen (secondary N) is 1. The lowest BCUT2D eigenvalue weighted by atomic mass is 9.94. The van der Waals surface area contributed by atoms with Gasteiger partial charge < -0.3 is 9.88 Å². The van der Waals surface area contributed by atoms with Gasteiger partial charge in [-0.3, -0.25) is 9.69 Å². The average molecular weight is 313 g/mol. The van der Waals surface area contributed by atoms with Gasteiger partial charge in [-0.1, -0.05) is 39.0 Å². The Hall–Kier alpha value is -1.81. The molecule has 1 aliphatic heterocycles. The summed E-state index contributed by atoms with van der Waals surface area (Å²) in [5.74, 6) is 0.272. The topological polar surface area (TPSA) is 39.3 Å². The van der Waals surface area contributed by atoms with E-state index in [0.717, 1.165) is 39.1 Å². The number of carbonyl (C=O) groups is 1. The highest BCUT2D eigenvalue weighted by atomic mass is 16.2. The third-order valence-electron chi connectivity index (χ3n) is 4.67. The lowest BCUT2D eigenvalue weighted by Gasteiger charge is -2.37. The molecule has 1 N–H and O–H groups in total. The maximum atomic E-state index is 12.3. The van der Waals surface area contributed by atoms with Crippen molar-refractivity contribution in [2.45, 2.75) is 27.2 Å². The zero-order valence-electron chi connectivity index (χ0n) is 14.4. The molecule has 4 nitrogen and oxygen atoms in total. The third kappa shape index (κ3) is 3.58. The molecule has 1 saturated heterocycles. The van der Waals surface area contributed by atoms with E-state index in [9.17, 15) is 4.79 Å². The highest BCUT2D eigenvalue weighted by Crippen LogP contribution is 2.20. The SMILES string of the molecule is CC(C)(C)C(=O)N1CCN(CCc2c[nH]c3ccccc23)CC1. The number of amides is 1. The minimum absolute atomic E-state index is 0.272. The molecule has 0 saturated carbocycles. The molecule has 0 unspecified atom stereocenters. The molecule has 1 aromatic heterocycles. The maximum absolute atomic E-state index is 12.3. The summed E-state index contributed by atoms with van der Waals surface area (Å²) in [5.41, 5.74) is 2.32. The van der Waals surface area contributed by atoms with E-state index >= 15 is 0 Å². The molecule has 0 radical (unpaired) electrons. The second-order valence-electron chi connectivity index (χ2n) is 7.49. The quantitative estimate of drug-likeness (QED) is 0.946. The molecule has 1 fully saturated rings. The number of rotatable bonds is 3. The Bertz CT molecular complexity index is 675. The summed E-state index contributed by atoms with van der Waals surface area (Å²) >= 11 is 0. The number of nitrogens with zero attached hydrogens (tertiary/aromatic N) is 2. The smallest absolute Gasteiger partial charge is 0.228 e. The largest absolute Gasteiger partial charge is 0.361 e. The van der Waals surface area contributed by atoms with Crippen LogP contribution in [0.1, 0.15) is 26.3 Å². The summed E-state index contributed by atoms with van der Waals surface area (Å²) in [4.78, 5) is 20.1. The summed E-state index contributed by atoms with van der Waals surface area (Å²) in [7, 11) is 0. The van der Waals surface area contributed by atoms with Crippen molar-refractivity contribution in [2.75, 3.05) is 32.7 Å². The number of aromatic amines is 1. The van der Waals surface area contributed by atoms with Crippen molar-refractivity contribution in [2.24, 2.45) is 5.41 Å². The Kier molecular flexibility index (Phi) is 4.44. The van der Waals surface area contributed by atoms with E-state index in [1.165, 1.54) is 16.5 Å². The van der Waals surface area contributed by atoms with Gasteiger partial charge in [0.15, 0.2) is 0 Å². The van der Waals surface area contributed by atoms with Crippen molar-refractivity contribution >= 4 is 16.8 Å². The van der Waals surface area contributed by atoms with Gasteiger partial charge in [0.1, 0.15) is 0 Å². The van der Waals surface area contributed by atoms with Crippen molar-refractivity contribution < 1.29 is 4.79 Å². The van der Waals surface area contributed by atoms with Crippen LogP contribution in [-0.2, 0) is 11.2 Å². The Morgan fingerprint density at radius 3 is 2.52 bits per heavy atom. The van der Waals surface area contributed by atoms with Crippen molar-refractivity contribution in [3.05, 3.63) is 36.0 Å². The first-order chi connectivity index (χ1) is 10.9. The molecule has 23 heavy (non-hydrogen) atoms. The van der Waals surface area contributed by atoms with E-state index in [4.69, 9.17) is 0 Å². The molecule has 0 atom stereocenters. The first-order valence-corrected chi connectivity index (χ1v) is 8.52. The summed E-state index contributed by atoms with van der Waals surface area (Å²) in [6.07, 6.45) is 3.18. The molecule has 1 amide bonds. The molecule has 0 aliphatic carbocycles. The number of piperazine rings is 1. The minimum Gasteiger partial charge on any atom is -0.361 e. The molecule has 3 rings (SSSR count). The van der Waals surface area contributed by atoms with Gasteiger partial charge in [0.25, 0.3) is 0 Å². The predicted molar refractivity (Wildman–Crippen MR) is 94.5 cm³/mol. The van der Waals surface area contributed by atoms with Gasteiger partial charge in [-0.2, -0.15) is 0 Å². The first-order valence-electron chi connectivity index (χ1n) is 8.52. The fourth-order valence-corrected chi connectivity index (χ4v) is 3.27. The standard InChI is InChI=1S/C19H27N3O/c1-19(2,3)18(23)22-12-10-21(11-13-22)9-8-15-14-20-17-7-5-4-6-16(15)17/h4-7,14,20H,8-13H2,1-3H3. The molecular formula is C19H27N3O. The van der Waals surface area contributed by atoms with Crippen molar-refractivity contribution in [3.8, 4) is 0 Å². The Morgan fingerprint density at radius 2 is 1.83 bits per heavy atom. The van der Waals surface area contributed by atoms with Crippen LogP contribution in [0.2, 0.25) is 0 Å². The van der Waals surface area contributed by atoms with Gasteiger partial charge in [0, 0.05) is 55.2 Å². The summed E-state index contributed by atoms with van der Waals surface area (Å²) < 4.78 is 0. The molecule has 124 valence electrons. The number of aromatic nitrogens is 1. The van der Waals surface area contributed by atoms with E-state index in [1.807, 2.05) is 25.7 Å². The molecule has 0 bridgehead atoms. The van der Waals surface area contributed by atoms with Crippen LogP contribution in [0.4, 0.5) is 0 Å². The Morgan fingerprint density at radius 1 is 1.13 bits per heavy atom. The molecular weight excluding hydrogens is 286 g/mol. The number of carbonyl (C=O) groups excluding carboxylic acids is 1. The number of hydrogen-bond donors (Lipinski definition) is 1. The van der Waals surface area contributed by atoms with Crippen LogP contribution in [0.25, 0.3) is 10.9 Å². The van der Waals surface area contributed by atoms with Crippen molar-refractivity contribution in [1.29, 1.82) is 0 Å². The van der Waals surface area contributed by atoms with Crippen LogP contribution in [-0.4, -0.2) is 53.4 Å². The van der Waals surface area contributed by atoms with Crippen LogP contribution in [0.15, 0.2) is 30.5 Å². The van der Waals surface area contributed by atoms with Crippen LogP contribution in [0.3, 0.4) is 0 Å². The van der Waals surface area contributed by atoms with E-state index in [-0.39, 0.29) is 11.3 Å². The van der Waals surface area contributed by atoms with E-state index in [1.54, 1.807) is 0 Å². The number of H-pyrrole nitrogens is 1. The van der Waals surface area contributed by atoms with Crippen molar-refractivity contribution in [1.82, 2.24) is 14.8 Å².